The Labute approximate surface area is 129 Å². The largest absolute Gasteiger partial charge is 0.337 e. The number of pyridine rings is 1. The van der Waals surface area contributed by atoms with Crippen molar-refractivity contribution >= 4 is 17.5 Å². The van der Waals surface area contributed by atoms with Crippen molar-refractivity contribution in [2.75, 3.05) is 7.05 Å². The van der Waals surface area contributed by atoms with Gasteiger partial charge in [0.2, 0.25) is 0 Å². The van der Waals surface area contributed by atoms with Crippen LogP contribution in [0.2, 0.25) is 5.02 Å². The van der Waals surface area contributed by atoms with E-state index >= 15 is 0 Å². The van der Waals surface area contributed by atoms with E-state index in [0.29, 0.717) is 10.7 Å². The zero-order valence-electron chi connectivity index (χ0n) is 11.9. The van der Waals surface area contributed by atoms with Gasteiger partial charge >= 0.3 is 0 Å². The number of hydrogen-bond donors (Lipinski definition) is 0. The van der Waals surface area contributed by atoms with Crippen molar-refractivity contribution in [3.63, 3.8) is 0 Å². The summed E-state index contributed by atoms with van der Waals surface area (Å²) in [5.74, 6) is -0.0677. The highest BCUT2D eigenvalue weighted by Gasteiger charge is 2.26. The highest BCUT2D eigenvalue weighted by molar-refractivity contribution is 6.30. The summed E-state index contributed by atoms with van der Waals surface area (Å²) in [6, 6.07) is 12.0. The quantitative estimate of drug-likeness (QED) is 0.852. The average Bonchev–Trinajstić information content (AvgIpc) is 2.53. The second-order valence-electron chi connectivity index (χ2n) is 5.44. The Balaban J connectivity index is 1.77. The fourth-order valence-corrected chi connectivity index (χ4v) is 3.04. The summed E-state index contributed by atoms with van der Waals surface area (Å²) in [5.41, 5.74) is 3.15. The van der Waals surface area contributed by atoms with Gasteiger partial charge in [0, 0.05) is 24.3 Å². The van der Waals surface area contributed by atoms with Crippen molar-refractivity contribution in [2.24, 2.45) is 0 Å². The maximum Gasteiger partial charge on any atom is 0.272 e. The summed E-state index contributed by atoms with van der Waals surface area (Å²) < 4.78 is 0. The molecule has 3 rings (SSSR count). The molecule has 0 N–H and O–H groups in total. The van der Waals surface area contributed by atoms with Gasteiger partial charge in [-0.1, -0.05) is 35.9 Å². The standard InChI is InChI=1S/C17H17ClN2O/c1-20(17(21)16-11-14(18)8-9-19-16)15-7-6-12-4-2-3-5-13(12)10-15/h2-5,8-9,11,15H,6-7,10H2,1H3/t15-/m0/s1. The van der Waals surface area contributed by atoms with Crippen LogP contribution in [0.25, 0.3) is 0 Å². The minimum Gasteiger partial charge on any atom is -0.337 e. The monoisotopic (exact) mass is 300 g/mol. The van der Waals surface area contributed by atoms with E-state index in [2.05, 4.69) is 29.2 Å². The molecule has 0 saturated carbocycles. The Morgan fingerprint density at radius 2 is 2.05 bits per heavy atom. The van der Waals surface area contributed by atoms with Crippen molar-refractivity contribution < 1.29 is 4.79 Å². The van der Waals surface area contributed by atoms with Gasteiger partial charge in [-0.05, 0) is 42.5 Å². The van der Waals surface area contributed by atoms with Gasteiger partial charge in [0.15, 0.2) is 0 Å². The molecule has 0 aliphatic heterocycles. The van der Waals surface area contributed by atoms with Gasteiger partial charge in [0.25, 0.3) is 5.91 Å². The molecule has 1 aromatic carbocycles. The van der Waals surface area contributed by atoms with Crippen LogP contribution < -0.4 is 0 Å². The predicted octanol–water partition coefficient (Wildman–Crippen LogP) is 3.36. The zero-order chi connectivity index (χ0) is 14.8. The molecule has 3 nitrogen and oxygen atoms in total. The first kappa shape index (κ1) is 14.1. The maximum absolute atomic E-state index is 12.5. The van der Waals surface area contributed by atoms with Gasteiger partial charge in [-0.15, -0.1) is 0 Å². The predicted molar refractivity (Wildman–Crippen MR) is 83.6 cm³/mol. The molecule has 1 aromatic heterocycles. The first-order valence-corrected chi connectivity index (χ1v) is 7.48. The molecule has 0 unspecified atom stereocenters. The number of aryl methyl sites for hydroxylation is 1. The number of nitrogens with zero attached hydrogens (tertiary/aromatic N) is 2. The van der Waals surface area contributed by atoms with E-state index < -0.39 is 0 Å². The molecule has 108 valence electrons. The summed E-state index contributed by atoms with van der Waals surface area (Å²) in [4.78, 5) is 18.4. The van der Waals surface area contributed by atoms with Crippen LogP contribution >= 0.6 is 11.6 Å². The average molecular weight is 301 g/mol. The molecule has 1 atom stereocenters. The van der Waals surface area contributed by atoms with Crippen LogP contribution in [0.15, 0.2) is 42.6 Å². The Bertz CT molecular complexity index is 671. The van der Waals surface area contributed by atoms with Crippen LogP contribution in [-0.4, -0.2) is 28.9 Å². The number of carbonyl (C=O) groups excluding carboxylic acids is 1. The number of fused-ring (bicyclic) bond motifs is 1. The van der Waals surface area contributed by atoms with E-state index in [1.54, 1.807) is 23.2 Å². The molecule has 2 aromatic rings. The lowest BCUT2D eigenvalue weighted by Gasteiger charge is -2.32. The van der Waals surface area contributed by atoms with E-state index in [1.165, 1.54) is 11.1 Å². The Kier molecular flexibility index (Phi) is 3.93. The molecule has 0 bridgehead atoms. The topological polar surface area (TPSA) is 33.2 Å². The van der Waals surface area contributed by atoms with E-state index in [4.69, 9.17) is 11.6 Å². The molecule has 0 saturated heterocycles. The first-order chi connectivity index (χ1) is 10.1. The summed E-state index contributed by atoms with van der Waals surface area (Å²) >= 11 is 5.94. The minimum atomic E-state index is -0.0677. The maximum atomic E-state index is 12.5. The molecule has 1 aliphatic rings. The highest BCUT2D eigenvalue weighted by atomic mass is 35.5. The third kappa shape index (κ3) is 2.93. The lowest BCUT2D eigenvalue weighted by Crippen LogP contribution is -2.40. The van der Waals surface area contributed by atoms with E-state index in [0.717, 1.165) is 19.3 Å². The molecule has 0 fully saturated rings. The third-order valence-electron chi connectivity index (χ3n) is 4.13. The van der Waals surface area contributed by atoms with E-state index in [9.17, 15) is 4.79 Å². The number of likely N-dealkylation sites (N-methyl/N-ethyl adjacent to an activating group) is 1. The molecule has 4 heteroatoms. The van der Waals surface area contributed by atoms with Crippen molar-refractivity contribution in [1.29, 1.82) is 0 Å². The SMILES string of the molecule is CN(C(=O)c1cc(Cl)ccn1)[C@H]1CCc2ccccc2C1. The normalized spacial score (nSPS) is 17.1. The van der Waals surface area contributed by atoms with Gasteiger partial charge in [-0.2, -0.15) is 0 Å². The molecule has 21 heavy (non-hydrogen) atoms. The van der Waals surface area contributed by atoms with Crippen molar-refractivity contribution in [3.05, 3.63) is 64.4 Å². The fourth-order valence-electron chi connectivity index (χ4n) is 2.88. The van der Waals surface area contributed by atoms with Crippen LogP contribution in [-0.2, 0) is 12.8 Å². The zero-order valence-corrected chi connectivity index (χ0v) is 12.7. The van der Waals surface area contributed by atoms with Gasteiger partial charge in [-0.25, -0.2) is 0 Å². The molecular formula is C17H17ClN2O. The number of rotatable bonds is 2. The van der Waals surface area contributed by atoms with Gasteiger partial charge in [0.05, 0.1) is 0 Å². The van der Waals surface area contributed by atoms with Crippen LogP contribution in [0.5, 0.6) is 0 Å². The fraction of sp³-hybridized carbons (Fsp3) is 0.294. The first-order valence-electron chi connectivity index (χ1n) is 7.10. The number of benzene rings is 1. The number of halogens is 1. The summed E-state index contributed by atoms with van der Waals surface area (Å²) in [5, 5.41) is 0.538. The van der Waals surface area contributed by atoms with Gasteiger partial charge < -0.3 is 4.90 Å². The van der Waals surface area contributed by atoms with Gasteiger partial charge in [0.1, 0.15) is 5.69 Å². The molecule has 1 heterocycles. The molecule has 1 amide bonds. The molecule has 0 spiro atoms. The number of carbonyl (C=O) groups is 1. The Hall–Kier alpha value is -1.87. The van der Waals surface area contributed by atoms with E-state index in [1.807, 2.05) is 7.05 Å². The molecule has 0 radical (unpaired) electrons. The summed E-state index contributed by atoms with van der Waals surface area (Å²) in [6.45, 7) is 0. The highest BCUT2D eigenvalue weighted by Crippen LogP contribution is 2.24. The van der Waals surface area contributed by atoms with E-state index in [-0.39, 0.29) is 11.9 Å². The minimum absolute atomic E-state index is 0.0677. The van der Waals surface area contributed by atoms with Crippen molar-refractivity contribution in [2.45, 2.75) is 25.3 Å². The summed E-state index contributed by atoms with van der Waals surface area (Å²) in [6.07, 6.45) is 4.47. The second-order valence-corrected chi connectivity index (χ2v) is 5.88. The summed E-state index contributed by atoms with van der Waals surface area (Å²) in [7, 11) is 1.85. The van der Waals surface area contributed by atoms with Gasteiger partial charge in [-0.3, -0.25) is 9.78 Å². The van der Waals surface area contributed by atoms with Crippen LogP contribution in [0.4, 0.5) is 0 Å². The number of amides is 1. The molecular weight excluding hydrogens is 284 g/mol. The third-order valence-corrected chi connectivity index (χ3v) is 4.37. The van der Waals surface area contributed by atoms with Crippen LogP contribution in [0.3, 0.4) is 0 Å². The lowest BCUT2D eigenvalue weighted by molar-refractivity contribution is 0.0713. The lowest BCUT2D eigenvalue weighted by atomic mass is 9.87. The number of aromatic nitrogens is 1. The van der Waals surface area contributed by atoms with Crippen molar-refractivity contribution in [3.8, 4) is 0 Å². The van der Waals surface area contributed by atoms with Crippen LogP contribution in [0, 0.1) is 0 Å². The molecule has 1 aliphatic carbocycles. The van der Waals surface area contributed by atoms with Crippen molar-refractivity contribution in [1.82, 2.24) is 9.88 Å². The smallest absolute Gasteiger partial charge is 0.272 e. The Morgan fingerprint density at radius 1 is 1.29 bits per heavy atom. The Morgan fingerprint density at radius 3 is 2.81 bits per heavy atom. The number of hydrogen-bond acceptors (Lipinski definition) is 2. The van der Waals surface area contributed by atoms with Crippen LogP contribution in [0.1, 0.15) is 28.0 Å². The second kappa shape index (κ2) is 5.86.